The highest BCUT2D eigenvalue weighted by Crippen LogP contribution is 2.28. The summed E-state index contributed by atoms with van der Waals surface area (Å²) in [6.45, 7) is 4.40. The van der Waals surface area contributed by atoms with Crippen molar-refractivity contribution < 1.29 is 4.74 Å². The van der Waals surface area contributed by atoms with Crippen LogP contribution < -0.4 is 0 Å². The third kappa shape index (κ3) is 3.57. The molecule has 1 aliphatic carbocycles. The Morgan fingerprint density at radius 1 is 1.25 bits per heavy atom. The van der Waals surface area contributed by atoms with Gasteiger partial charge in [-0.1, -0.05) is 32.6 Å². The van der Waals surface area contributed by atoms with E-state index < -0.39 is 0 Å². The zero-order chi connectivity index (χ0) is 8.81. The lowest BCUT2D eigenvalue weighted by molar-refractivity contribution is 0.0478. The Morgan fingerprint density at radius 2 is 1.92 bits per heavy atom. The lowest BCUT2D eigenvalue weighted by Crippen LogP contribution is -2.15. The van der Waals surface area contributed by atoms with E-state index in [1.54, 1.807) is 0 Å². The molecule has 1 nitrogen and oxygen atoms in total. The number of ether oxygens (including phenoxy) is 1. The van der Waals surface area contributed by atoms with Gasteiger partial charge in [-0.2, -0.15) is 0 Å². The average Bonchev–Trinajstić information content (AvgIpc) is 2.06. The molecule has 0 bridgehead atoms. The third-order valence-corrected chi connectivity index (χ3v) is 2.47. The highest BCUT2D eigenvalue weighted by molar-refractivity contribution is 4.83. The maximum absolute atomic E-state index is 5.85. The zero-order valence-corrected chi connectivity index (χ0v) is 8.44. The van der Waals surface area contributed by atoms with Crippen molar-refractivity contribution in [2.75, 3.05) is 0 Å². The number of hydrogen-bond acceptors (Lipinski definition) is 1. The summed E-state index contributed by atoms with van der Waals surface area (Å²) >= 11 is 0. The molecule has 0 heterocycles. The minimum absolute atomic E-state index is 0.447. The fourth-order valence-electron chi connectivity index (χ4n) is 1.81. The Hall–Kier alpha value is -0.0400. The molecule has 0 saturated heterocycles. The molecule has 71 valence electrons. The molecule has 0 aromatic rings. The summed E-state index contributed by atoms with van der Waals surface area (Å²) in [4.78, 5) is 0. The van der Waals surface area contributed by atoms with Gasteiger partial charge in [0.25, 0.3) is 0 Å². The van der Waals surface area contributed by atoms with Crippen LogP contribution in [0.3, 0.4) is 0 Å². The van der Waals surface area contributed by atoms with Crippen molar-refractivity contribution in [2.24, 2.45) is 0 Å². The monoisotopic (exact) mass is 169 g/mol. The molecule has 0 aliphatic heterocycles. The van der Waals surface area contributed by atoms with Crippen molar-refractivity contribution >= 4 is 0 Å². The smallest absolute Gasteiger partial charge is 0.0974 e. The first kappa shape index (κ1) is 10.0. The Morgan fingerprint density at radius 3 is 2.50 bits per heavy atom. The second-order valence-corrected chi connectivity index (χ2v) is 3.82. The average molecular weight is 169 g/mol. The van der Waals surface area contributed by atoms with Gasteiger partial charge in [-0.15, -0.1) is 0 Å². The Labute approximate surface area is 76.5 Å². The maximum Gasteiger partial charge on any atom is 0.0974 e. The first-order valence-electron chi connectivity index (χ1n) is 5.34. The molecule has 1 radical (unpaired) electrons. The van der Waals surface area contributed by atoms with Crippen LogP contribution >= 0.6 is 0 Å². The molecule has 1 rings (SSSR count). The van der Waals surface area contributed by atoms with Crippen molar-refractivity contribution in [3.63, 3.8) is 0 Å². The predicted molar refractivity (Wildman–Crippen MR) is 51.8 cm³/mol. The van der Waals surface area contributed by atoms with Gasteiger partial charge in [-0.3, -0.25) is 0 Å². The van der Waals surface area contributed by atoms with Crippen molar-refractivity contribution in [1.29, 1.82) is 0 Å². The highest BCUT2D eigenvalue weighted by atomic mass is 16.5. The fourth-order valence-corrected chi connectivity index (χ4v) is 1.81. The molecule has 1 fully saturated rings. The second kappa shape index (κ2) is 5.58. The summed E-state index contributed by atoms with van der Waals surface area (Å²) in [5.74, 6) is 0. The lowest BCUT2D eigenvalue weighted by Gasteiger charge is -2.24. The molecule has 0 aromatic carbocycles. The van der Waals surface area contributed by atoms with Crippen LogP contribution in [0.5, 0.6) is 0 Å². The quantitative estimate of drug-likeness (QED) is 0.623. The second-order valence-electron chi connectivity index (χ2n) is 3.82. The summed E-state index contributed by atoms with van der Waals surface area (Å²) < 4.78 is 5.85. The zero-order valence-electron chi connectivity index (χ0n) is 8.44. The van der Waals surface area contributed by atoms with Gasteiger partial charge in [0, 0.05) is 0 Å². The molecule has 1 saturated carbocycles. The summed E-state index contributed by atoms with van der Waals surface area (Å²) in [5.41, 5.74) is 0. The van der Waals surface area contributed by atoms with Crippen LogP contribution in [0.4, 0.5) is 0 Å². The van der Waals surface area contributed by atoms with Crippen LogP contribution in [0.15, 0.2) is 0 Å². The Balaban J connectivity index is 2.11. The minimum atomic E-state index is 0.447. The Bertz CT molecular complexity index is 106. The molecular formula is C11H21O. The Kier molecular flexibility index (Phi) is 4.67. The van der Waals surface area contributed by atoms with Crippen molar-refractivity contribution in [2.45, 2.75) is 64.9 Å². The van der Waals surface area contributed by atoms with Crippen molar-refractivity contribution in [1.82, 2.24) is 0 Å². The van der Waals surface area contributed by atoms with Gasteiger partial charge in [0.2, 0.25) is 0 Å². The normalized spacial score (nSPS) is 22.5. The molecule has 1 unspecified atom stereocenters. The van der Waals surface area contributed by atoms with Gasteiger partial charge in [0.1, 0.15) is 0 Å². The molecule has 1 aliphatic rings. The maximum atomic E-state index is 5.85. The van der Waals surface area contributed by atoms with E-state index in [1.807, 2.05) is 0 Å². The molecular weight excluding hydrogens is 148 g/mol. The van der Waals surface area contributed by atoms with E-state index in [1.165, 1.54) is 51.0 Å². The van der Waals surface area contributed by atoms with Gasteiger partial charge < -0.3 is 4.74 Å². The first-order chi connectivity index (χ1) is 5.83. The molecule has 0 N–H and O–H groups in total. The summed E-state index contributed by atoms with van der Waals surface area (Å²) in [7, 11) is 0. The van der Waals surface area contributed by atoms with Crippen LogP contribution in [0, 0.1) is 6.10 Å². The van der Waals surface area contributed by atoms with Gasteiger partial charge in [-0.25, -0.2) is 0 Å². The van der Waals surface area contributed by atoms with Gasteiger partial charge in [0.05, 0.1) is 12.2 Å². The minimum Gasteiger partial charge on any atom is -0.369 e. The molecule has 1 atom stereocenters. The molecule has 0 amide bonds. The van der Waals surface area contributed by atoms with E-state index in [2.05, 4.69) is 13.8 Å². The van der Waals surface area contributed by atoms with Crippen molar-refractivity contribution in [3.05, 3.63) is 6.10 Å². The molecule has 1 heteroatoms. The van der Waals surface area contributed by atoms with Gasteiger partial charge in [0.15, 0.2) is 0 Å². The largest absolute Gasteiger partial charge is 0.369 e. The molecule has 0 aromatic heterocycles. The number of rotatable bonds is 4. The van der Waals surface area contributed by atoms with E-state index in [9.17, 15) is 0 Å². The van der Waals surface area contributed by atoms with Crippen LogP contribution in [-0.4, -0.2) is 6.10 Å². The van der Waals surface area contributed by atoms with Crippen LogP contribution in [0.2, 0.25) is 0 Å². The van der Waals surface area contributed by atoms with Crippen LogP contribution in [0.25, 0.3) is 0 Å². The van der Waals surface area contributed by atoms with Crippen LogP contribution in [-0.2, 0) is 4.74 Å². The van der Waals surface area contributed by atoms with Gasteiger partial charge in [-0.05, 0) is 26.2 Å². The van der Waals surface area contributed by atoms with Crippen molar-refractivity contribution in [3.8, 4) is 0 Å². The summed E-state index contributed by atoms with van der Waals surface area (Å²) in [6, 6.07) is 0. The van der Waals surface area contributed by atoms with E-state index in [-0.39, 0.29) is 0 Å². The highest BCUT2D eigenvalue weighted by Gasteiger charge is 2.16. The van der Waals surface area contributed by atoms with E-state index >= 15 is 0 Å². The summed E-state index contributed by atoms with van der Waals surface area (Å²) in [6.07, 6.45) is 10.8. The molecule has 0 spiro atoms. The standard InChI is InChI=1S/C11H21O/c1-3-7-10(2)12-11-8-5-4-6-9-11/h10H,3-9H2,1-2H3. The topological polar surface area (TPSA) is 9.23 Å². The fraction of sp³-hybridized carbons (Fsp3) is 0.909. The number of hydrogen-bond donors (Lipinski definition) is 0. The SMILES string of the molecule is CCCC(C)O[C]1CCCCC1. The van der Waals surface area contributed by atoms with E-state index in [0.717, 1.165) is 0 Å². The first-order valence-corrected chi connectivity index (χ1v) is 5.34. The molecule has 12 heavy (non-hydrogen) atoms. The predicted octanol–water partition coefficient (Wildman–Crippen LogP) is 3.69. The van der Waals surface area contributed by atoms with Crippen LogP contribution in [0.1, 0.15) is 58.8 Å². The summed E-state index contributed by atoms with van der Waals surface area (Å²) in [5, 5.41) is 0. The third-order valence-electron chi connectivity index (χ3n) is 2.47. The lowest BCUT2D eigenvalue weighted by atomic mass is 9.97. The van der Waals surface area contributed by atoms with Gasteiger partial charge >= 0.3 is 0 Å². The van der Waals surface area contributed by atoms with E-state index in [4.69, 9.17) is 4.74 Å². The van der Waals surface area contributed by atoms with E-state index in [0.29, 0.717) is 6.10 Å².